The molecular weight excluding hydrogens is 259 g/mol. The third-order valence-electron chi connectivity index (χ3n) is 2.36. The lowest BCUT2D eigenvalue weighted by Gasteiger charge is -2.04. The standard InChI is InChI=1S/C12H8ClFN2O2/c1-6-4-7(2-3-9(6)14)11-15-5-8(13)10(16-11)12(17)18/h2-5H,1H3,(H,17,18). The Morgan fingerprint density at radius 2 is 2.17 bits per heavy atom. The topological polar surface area (TPSA) is 63.1 Å². The van der Waals surface area contributed by atoms with Gasteiger partial charge < -0.3 is 5.11 Å². The minimum absolute atomic E-state index is 0.0370. The van der Waals surface area contributed by atoms with Crippen molar-refractivity contribution in [1.82, 2.24) is 9.97 Å². The molecule has 2 rings (SSSR count). The van der Waals surface area contributed by atoms with Crippen molar-refractivity contribution in [2.75, 3.05) is 0 Å². The first kappa shape index (κ1) is 12.4. The number of carboxylic acids is 1. The number of aryl methyl sites for hydroxylation is 1. The van der Waals surface area contributed by atoms with Crippen LogP contribution in [0.15, 0.2) is 24.4 Å². The number of halogens is 2. The van der Waals surface area contributed by atoms with Gasteiger partial charge in [0.05, 0.1) is 11.2 Å². The van der Waals surface area contributed by atoms with Crippen molar-refractivity contribution in [3.8, 4) is 11.4 Å². The molecule has 0 fully saturated rings. The molecule has 18 heavy (non-hydrogen) atoms. The first-order valence-corrected chi connectivity index (χ1v) is 5.39. The van der Waals surface area contributed by atoms with Crippen molar-refractivity contribution in [1.29, 1.82) is 0 Å². The zero-order chi connectivity index (χ0) is 13.3. The summed E-state index contributed by atoms with van der Waals surface area (Å²) < 4.78 is 13.1. The molecule has 0 amide bonds. The van der Waals surface area contributed by atoms with Crippen LogP contribution in [-0.4, -0.2) is 21.0 Å². The van der Waals surface area contributed by atoms with Gasteiger partial charge in [-0.15, -0.1) is 0 Å². The van der Waals surface area contributed by atoms with E-state index in [2.05, 4.69) is 9.97 Å². The maximum atomic E-state index is 13.1. The van der Waals surface area contributed by atoms with Crippen LogP contribution in [0.1, 0.15) is 16.1 Å². The van der Waals surface area contributed by atoms with Crippen LogP contribution in [0.25, 0.3) is 11.4 Å². The summed E-state index contributed by atoms with van der Waals surface area (Å²) >= 11 is 5.67. The predicted octanol–water partition coefficient (Wildman–Crippen LogP) is 2.94. The smallest absolute Gasteiger partial charge is 0.356 e. The molecule has 4 nitrogen and oxygen atoms in total. The van der Waals surface area contributed by atoms with Gasteiger partial charge in [0.15, 0.2) is 11.5 Å². The summed E-state index contributed by atoms with van der Waals surface area (Å²) in [5.41, 5.74) is 0.694. The predicted molar refractivity (Wildman–Crippen MR) is 64.1 cm³/mol. The summed E-state index contributed by atoms with van der Waals surface area (Å²) in [6.07, 6.45) is 1.21. The molecule has 1 heterocycles. The minimum Gasteiger partial charge on any atom is -0.476 e. The fourth-order valence-corrected chi connectivity index (χ4v) is 1.61. The van der Waals surface area contributed by atoms with Gasteiger partial charge in [-0.25, -0.2) is 19.2 Å². The van der Waals surface area contributed by atoms with E-state index in [-0.39, 0.29) is 22.4 Å². The van der Waals surface area contributed by atoms with E-state index in [4.69, 9.17) is 16.7 Å². The van der Waals surface area contributed by atoms with Crippen LogP contribution in [0.4, 0.5) is 4.39 Å². The number of hydrogen-bond acceptors (Lipinski definition) is 3. The molecule has 2 aromatic rings. The van der Waals surface area contributed by atoms with Crippen LogP contribution in [0.2, 0.25) is 5.02 Å². The molecule has 0 radical (unpaired) electrons. The van der Waals surface area contributed by atoms with Gasteiger partial charge >= 0.3 is 5.97 Å². The van der Waals surface area contributed by atoms with E-state index in [1.807, 2.05) is 0 Å². The van der Waals surface area contributed by atoms with Gasteiger partial charge in [0, 0.05) is 5.56 Å². The Hall–Kier alpha value is -2.01. The number of carbonyl (C=O) groups is 1. The molecule has 1 aromatic carbocycles. The SMILES string of the molecule is Cc1cc(-c2ncc(Cl)c(C(=O)O)n2)ccc1F. The van der Waals surface area contributed by atoms with Gasteiger partial charge in [-0.05, 0) is 30.7 Å². The third kappa shape index (κ3) is 2.31. The number of hydrogen-bond donors (Lipinski definition) is 1. The second-order valence-electron chi connectivity index (χ2n) is 3.66. The number of nitrogens with zero attached hydrogens (tertiary/aromatic N) is 2. The summed E-state index contributed by atoms with van der Waals surface area (Å²) in [5, 5.41) is 8.86. The molecule has 0 aliphatic carbocycles. The number of aromatic carboxylic acids is 1. The highest BCUT2D eigenvalue weighted by atomic mass is 35.5. The Labute approximate surface area is 107 Å². The summed E-state index contributed by atoms with van der Waals surface area (Å²) in [5.74, 6) is -1.38. The normalized spacial score (nSPS) is 10.4. The summed E-state index contributed by atoms with van der Waals surface area (Å²) in [4.78, 5) is 18.7. The van der Waals surface area contributed by atoms with E-state index in [1.54, 1.807) is 13.0 Å². The Morgan fingerprint density at radius 1 is 1.44 bits per heavy atom. The van der Waals surface area contributed by atoms with Crippen LogP contribution in [0, 0.1) is 12.7 Å². The lowest BCUT2D eigenvalue weighted by Crippen LogP contribution is -2.04. The van der Waals surface area contributed by atoms with Crippen molar-refractivity contribution < 1.29 is 14.3 Å². The van der Waals surface area contributed by atoms with Crippen molar-refractivity contribution >= 4 is 17.6 Å². The number of aromatic nitrogens is 2. The quantitative estimate of drug-likeness (QED) is 0.908. The zero-order valence-corrected chi connectivity index (χ0v) is 10.1. The monoisotopic (exact) mass is 266 g/mol. The van der Waals surface area contributed by atoms with Crippen LogP contribution < -0.4 is 0 Å². The molecule has 92 valence electrons. The summed E-state index contributed by atoms with van der Waals surface area (Å²) in [6, 6.07) is 4.31. The molecular formula is C12H8ClFN2O2. The van der Waals surface area contributed by atoms with E-state index >= 15 is 0 Å². The zero-order valence-electron chi connectivity index (χ0n) is 9.32. The molecule has 0 unspecified atom stereocenters. The van der Waals surface area contributed by atoms with Crippen molar-refractivity contribution in [2.45, 2.75) is 6.92 Å². The summed E-state index contributed by atoms with van der Waals surface area (Å²) in [7, 11) is 0. The van der Waals surface area contributed by atoms with Crippen molar-refractivity contribution in [3.05, 3.63) is 46.5 Å². The Kier molecular flexibility index (Phi) is 3.25. The Balaban J connectivity index is 2.54. The van der Waals surface area contributed by atoms with Crippen LogP contribution >= 0.6 is 11.6 Å². The molecule has 0 aliphatic heterocycles. The highest BCUT2D eigenvalue weighted by Gasteiger charge is 2.13. The Bertz CT molecular complexity index is 631. The average molecular weight is 267 g/mol. The highest BCUT2D eigenvalue weighted by molar-refractivity contribution is 6.33. The molecule has 0 saturated carbocycles. The third-order valence-corrected chi connectivity index (χ3v) is 2.64. The fraction of sp³-hybridized carbons (Fsp3) is 0.0833. The molecule has 0 spiro atoms. The van der Waals surface area contributed by atoms with E-state index in [9.17, 15) is 9.18 Å². The van der Waals surface area contributed by atoms with Crippen molar-refractivity contribution in [2.24, 2.45) is 0 Å². The number of benzene rings is 1. The van der Waals surface area contributed by atoms with E-state index in [0.717, 1.165) is 0 Å². The lowest BCUT2D eigenvalue weighted by atomic mass is 10.1. The van der Waals surface area contributed by atoms with Gasteiger partial charge in [-0.2, -0.15) is 0 Å². The van der Waals surface area contributed by atoms with Gasteiger partial charge in [-0.3, -0.25) is 0 Å². The van der Waals surface area contributed by atoms with Gasteiger partial charge in [0.1, 0.15) is 5.82 Å². The maximum absolute atomic E-state index is 13.1. The molecule has 1 N–H and O–H groups in total. The van der Waals surface area contributed by atoms with Gasteiger partial charge in [0.25, 0.3) is 0 Å². The highest BCUT2D eigenvalue weighted by Crippen LogP contribution is 2.21. The van der Waals surface area contributed by atoms with Crippen LogP contribution in [0.5, 0.6) is 0 Å². The second-order valence-corrected chi connectivity index (χ2v) is 4.07. The average Bonchev–Trinajstić information content (AvgIpc) is 2.33. The molecule has 6 heteroatoms. The number of rotatable bonds is 2. The molecule has 0 bridgehead atoms. The molecule has 0 aliphatic rings. The molecule has 0 atom stereocenters. The van der Waals surface area contributed by atoms with Gasteiger partial charge in [0.2, 0.25) is 0 Å². The van der Waals surface area contributed by atoms with E-state index in [1.165, 1.54) is 18.3 Å². The molecule has 0 saturated heterocycles. The number of carboxylic acid groups (broad SMARTS) is 1. The Morgan fingerprint density at radius 3 is 2.78 bits per heavy atom. The van der Waals surface area contributed by atoms with Crippen LogP contribution in [-0.2, 0) is 0 Å². The fourth-order valence-electron chi connectivity index (χ4n) is 1.44. The first-order chi connectivity index (χ1) is 8.49. The van der Waals surface area contributed by atoms with Crippen molar-refractivity contribution in [3.63, 3.8) is 0 Å². The minimum atomic E-state index is -1.23. The van der Waals surface area contributed by atoms with Crippen LogP contribution in [0.3, 0.4) is 0 Å². The molecule has 1 aromatic heterocycles. The first-order valence-electron chi connectivity index (χ1n) is 5.01. The summed E-state index contributed by atoms with van der Waals surface area (Å²) in [6.45, 7) is 1.60. The van der Waals surface area contributed by atoms with E-state index in [0.29, 0.717) is 11.1 Å². The van der Waals surface area contributed by atoms with E-state index < -0.39 is 5.97 Å². The lowest BCUT2D eigenvalue weighted by molar-refractivity contribution is 0.0690. The maximum Gasteiger partial charge on any atom is 0.356 e. The largest absolute Gasteiger partial charge is 0.476 e. The second kappa shape index (κ2) is 4.70. The van der Waals surface area contributed by atoms with Gasteiger partial charge in [-0.1, -0.05) is 11.6 Å².